The van der Waals surface area contributed by atoms with Gasteiger partial charge in [0, 0.05) is 37.4 Å². The fourth-order valence-electron chi connectivity index (χ4n) is 3.56. The Kier molecular flexibility index (Phi) is 5.92. The standard InChI is InChI=1S/C22H29N3O/c1-17(2)25(16-19-9-5-4-6-10-19)22(26)20-11-12-23-21(14-20)24-13-7-8-18(3)15-24/h4-6,9-12,14,17-18H,7-8,13,15-16H2,1-3H3. The maximum absolute atomic E-state index is 13.2. The van der Waals surface area contributed by atoms with E-state index in [0.717, 1.165) is 30.0 Å². The predicted octanol–water partition coefficient (Wildman–Crippen LogP) is 4.37. The van der Waals surface area contributed by atoms with E-state index < -0.39 is 0 Å². The fraction of sp³-hybridized carbons (Fsp3) is 0.455. The molecule has 138 valence electrons. The third-order valence-corrected chi connectivity index (χ3v) is 5.05. The number of anilines is 1. The summed E-state index contributed by atoms with van der Waals surface area (Å²) in [6.07, 6.45) is 4.23. The van der Waals surface area contributed by atoms with E-state index in [1.54, 1.807) is 6.20 Å². The number of aromatic nitrogens is 1. The van der Waals surface area contributed by atoms with Crippen LogP contribution in [-0.2, 0) is 6.54 Å². The minimum atomic E-state index is 0.0672. The van der Waals surface area contributed by atoms with Gasteiger partial charge in [0.15, 0.2) is 0 Å². The van der Waals surface area contributed by atoms with Crippen LogP contribution in [-0.4, -0.2) is 34.9 Å². The van der Waals surface area contributed by atoms with Crippen LogP contribution < -0.4 is 4.90 Å². The first-order valence-corrected chi connectivity index (χ1v) is 9.60. The van der Waals surface area contributed by atoms with Crippen molar-refractivity contribution < 1.29 is 4.79 Å². The lowest BCUT2D eigenvalue weighted by molar-refractivity contribution is 0.0690. The Morgan fingerprint density at radius 1 is 1.27 bits per heavy atom. The molecule has 4 nitrogen and oxygen atoms in total. The molecular weight excluding hydrogens is 322 g/mol. The third kappa shape index (κ3) is 4.43. The zero-order valence-corrected chi connectivity index (χ0v) is 16.1. The molecule has 0 radical (unpaired) electrons. The topological polar surface area (TPSA) is 36.4 Å². The van der Waals surface area contributed by atoms with Gasteiger partial charge in [-0.25, -0.2) is 4.98 Å². The third-order valence-electron chi connectivity index (χ3n) is 5.05. The van der Waals surface area contributed by atoms with Gasteiger partial charge in [-0.2, -0.15) is 0 Å². The summed E-state index contributed by atoms with van der Waals surface area (Å²) in [6.45, 7) is 9.07. The molecule has 2 heterocycles. The maximum atomic E-state index is 13.2. The van der Waals surface area contributed by atoms with E-state index in [-0.39, 0.29) is 11.9 Å². The second-order valence-electron chi connectivity index (χ2n) is 7.61. The van der Waals surface area contributed by atoms with Gasteiger partial charge in [-0.05, 0) is 50.3 Å². The van der Waals surface area contributed by atoms with Crippen LogP contribution in [0.4, 0.5) is 5.82 Å². The lowest BCUT2D eigenvalue weighted by Gasteiger charge is -2.32. The van der Waals surface area contributed by atoms with Crippen molar-refractivity contribution in [2.24, 2.45) is 5.92 Å². The molecule has 0 saturated carbocycles. The van der Waals surface area contributed by atoms with E-state index in [2.05, 4.69) is 42.8 Å². The Bertz CT molecular complexity index is 729. The summed E-state index contributed by atoms with van der Waals surface area (Å²) >= 11 is 0. The van der Waals surface area contributed by atoms with Crippen LogP contribution in [0.3, 0.4) is 0 Å². The lowest BCUT2D eigenvalue weighted by atomic mass is 10.0. The van der Waals surface area contributed by atoms with E-state index in [4.69, 9.17) is 0 Å². The summed E-state index contributed by atoms with van der Waals surface area (Å²) in [5, 5.41) is 0. The Balaban J connectivity index is 1.79. The fourth-order valence-corrected chi connectivity index (χ4v) is 3.56. The molecule has 1 aromatic heterocycles. The van der Waals surface area contributed by atoms with Crippen LogP contribution in [0.25, 0.3) is 0 Å². The van der Waals surface area contributed by atoms with Crippen LogP contribution in [0, 0.1) is 5.92 Å². The van der Waals surface area contributed by atoms with Gasteiger partial charge in [-0.15, -0.1) is 0 Å². The number of hydrogen-bond acceptors (Lipinski definition) is 3. The molecule has 26 heavy (non-hydrogen) atoms. The number of piperidine rings is 1. The molecule has 1 unspecified atom stereocenters. The van der Waals surface area contributed by atoms with Crippen molar-refractivity contribution in [2.75, 3.05) is 18.0 Å². The average molecular weight is 351 g/mol. The maximum Gasteiger partial charge on any atom is 0.254 e. The van der Waals surface area contributed by atoms with E-state index in [1.807, 2.05) is 35.2 Å². The highest BCUT2D eigenvalue weighted by molar-refractivity contribution is 5.95. The Morgan fingerprint density at radius 2 is 2.04 bits per heavy atom. The van der Waals surface area contributed by atoms with Gasteiger partial charge in [0.05, 0.1) is 0 Å². The largest absolute Gasteiger partial charge is 0.356 e. The van der Waals surface area contributed by atoms with Crippen LogP contribution in [0.2, 0.25) is 0 Å². The Hall–Kier alpha value is -2.36. The molecular formula is C22H29N3O. The molecule has 0 N–H and O–H groups in total. The predicted molar refractivity (Wildman–Crippen MR) is 106 cm³/mol. The minimum Gasteiger partial charge on any atom is -0.356 e. The molecule has 1 atom stereocenters. The van der Waals surface area contributed by atoms with Crippen molar-refractivity contribution in [1.82, 2.24) is 9.88 Å². The zero-order chi connectivity index (χ0) is 18.5. The quantitative estimate of drug-likeness (QED) is 0.803. The van der Waals surface area contributed by atoms with Crippen molar-refractivity contribution in [3.05, 3.63) is 59.8 Å². The van der Waals surface area contributed by atoms with E-state index >= 15 is 0 Å². The van der Waals surface area contributed by atoms with Gasteiger partial charge in [0.1, 0.15) is 5.82 Å². The van der Waals surface area contributed by atoms with Gasteiger partial charge >= 0.3 is 0 Å². The highest BCUT2D eigenvalue weighted by Crippen LogP contribution is 2.23. The average Bonchev–Trinajstić information content (AvgIpc) is 2.66. The minimum absolute atomic E-state index is 0.0672. The molecule has 1 amide bonds. The number of carbonyl (C=O) groups is 1. The van der Waals surface area contributed by atoms with E-state index in [0.29, 0.717) is 12.5 Å². The zero-order valence-electron chi connectivity index (χ0n) is 16.1. The second kappa shape index (κ2) is 8.35. The molecule has 1 saturated heterocycles. The number of pyridine rings is 1. The summed E-state index contributed by atoms with van der Waals surface area (Å²) < 4.78 is 0. The molecule has 1 aliphatic rings. The molecule has 0 spiro atoms. The SMILES string of the molecule is CC1CCCN(c2cc(C(=O)N(Cc3ccccc3)C(C)C)ccn2)C1. The Morgan fingerprint density at radius 3 is 2.73 bits per heavy atom. The van der Waals surface area contributed by atoms with Crippen LogP contribution in [0.5, 0.6) is 0 Å². The summed E-state index contributed by atoms with van der Waals surface area (Å²) in [6, 6.07) is 14.1. The number of benzene rings is 1. The lowest BCUT2D eigenvalue weighted by Crippen LogP contribution is -2.37. The summed E-state index contributed by atoms with van der Waals surface area (Å²) in [5.41, 5.74) is 1.87. The monoisotopic (exact) mass is 351 g/mol. The van der Waals surface area contributed by atoms with Crippen molar-refractivity contribution in [2.45, 2.75) is 46.2 Å². The molecule has 4 heteroatoms. The number of nitrogens with zero attached hydrogens (tertiary/aromatic N) is 3. The molecule has 3 rings (SSSR count). The van der Waals surface area contributed by atoms with Crippen LogP contribution >= 0.6 is 0 Å². The molecule has 0 bridgehead atoms. The first-order chi connectivity index (χ1) is 12.5. The number of hydrogen-bond donors (Lipinski definition) is 0. The van der Waals surface area contributed by atoms with Crippen LogP contribution in [0.15, 0.2) is 48.7 Å². The molecule has 0 aliphatic carbocycles. The molecule has 1 fully saturated rings. The second-order valence-corrected chi connectivity index (χ2v) is 7.61. The summed E-state index contributed by atoms with van der Waals surface area (Å²) in [4.78, 5) is 21.9. The van der Waals surface area contributed by atoms with Gasteiger partial charge in [0.25, 0.3) is 5.91 Å². The van der Waals surface area contributed by atoms with Gasteiger partial charge in [-0.1, -0.05) is 37.3 Å². The highest BCUT2D eigenvalue weighted by Gasteiger charge is 2.22. The number of amides is 1. The van der Waals surface area contributed by atoms with Crippen LogP contribution in [0.1, 0.15) is 49.5 Å². The van der Waals surface area contributed by atoms with E-state index in [9.17, 15) is 4.79 Å². The van der Waals surface area contributed by atoms with Gasteiger partial charge in [-0.3, -0.25) is 4.79 Å². The molecule has 2 aromatic rings. The van der Waals surface area contributed by atoms with Crippen molar-refractivity contribution >= 4 is 11.7 Å². The molecule has 1 aliphatic heterocycles. The molecule has 1 aromatic carbocycles. The Labute approximate surface area is 156 Å². The number of carbonyl (C=O) groups excluding carboxylic acids is 1. The van der Waals surface area contributed by atoms with Crippen molar-refractivity contribution in [3.63, 3.8) is 0 Å². The van der Waals surface area contributed by atoms with Crippen molar-refractivity contribution in [3.8, 4) is 0 Å². The smallest absolute Gasteiger partial charge is 0.254 e. The van der Waals surface area contributed by atoms with Crippen molar-refractivity contribution in [1.29, 1.82) is 0 Å². The summed E-state index contributed by atoms with van der Waals surface area (Å²) in [5.74, 6) is 1.67. The summed E-state index contributed by atoms with van der Waals surface area (Å²) in [7, 11) is 0. The van der Waals surface area contributed by atoms with Gasteiger partial charge < -0.3 is 9.80 Å². The first kappa shape index (κ1) is 18.4. The van der Waals surface area contributed by atoms with E-state index in [1.165, 1.54) is 12.8 Å². The normalized spacial score (nSPS) is 17.4. The highest BCUT2D eigenvalue weighted by atomic mass is 16.2. The first-order valence-electron chi connectivity index (χ1n) is 9.60. The van der Waals surface area contributed by atoms with Gasteiger partial charge in [0.2, 0.25) is 0 Å². The number of rotatable bonds is 5.